The second-order valence-corrected chi connectivity index (χ2v) is 9.94. The van der Waals surface area contributed by atoms with Crippen LogP contribution in [0.2, 0.25) is 0 Å². The van der Waals surface area contributed by atoms with Crippen molar-refractivity contribution in [1.82, 2.24) is 0 Å². The second-order valence-electron chi connectivity index (χ2n) is 8.49. The molecule has 1 unspecified atom stereocenters. The molecule has 9 heteroatoms. The molecule has 192 valence electrons. The lowest BCUT2D eigenvalue weighted by molar-refractivity contribution is -0.371. The molecule has 5 N–H and O–H groups in total. The van der Waals surface area contributed by atoms with Gasteiger partial charge in [-0.3, -0.25) is 13.8 Å². The van der Waals surface area contributed by atoms with Crippen molar-refractivity contribution in [2.45, 2.75) is 116 Å². The largest absolute Gasteiger partial charge is 0.472 e. The summed E-state index contributed by atoms with van der Waals surface area (Å²) >= 11 is 0. The number of aliphatic hydroxyl groups excluding tert-OH is 1. The molecule has 0 bridgehead atoms. The third-order valence-corrected chi connectivity index (χ3v) is 6.23. The van der Waals surface area contributed by atoms with Gasteiger partial charge in [-0.2, -0.15) is 0 Å². The first kappa shape index (κ1) is 31.5. The van der Waals surface area contributed by atoms with E-state index in [2.05, 4.69) is 21.7 Å². The molecule has 0 aliphatic heterocycles. The molecule has 0 fully saturated rings. The molecule has 0 radical (unpaired) electrons. The Morgan fingerprint density at radius 3 is 1.75 bits per heavy atom. The Hall–Kier alpha value is -0.500. The van der Waals surface area contributed by atoms with Crippen LogP contribution in [0.5, 0.6) is 0 Å². The SMILES string of the molecule is CCCCCCCCCCCCCCCCCC(=O)OC[C@@H](O)COP(=O)(O)OCC[NH3+]. The van der Waals surface area contributed by atoms with E-state index in [1.54, 1.807) is 0 Å². The maximum atomic E-state index is 11.7. The molecule has 0 amide bonds. The predicted molar refractivity (Wildman–Crippen MR) is 126 cm³/mol. The Kier molecular flexibility index (Phi) is 22.0. The Bertz CT molecular complexity index is 479. The average molecular weight is 483 g/mol. The van der Waals surface area contributed by atoms with Crippen molar-refractivity contribution >= 4 is 13.8 Å². The van der Waals surface area contributed by atoms with Gasteiger partial charge in [-0.05, 0) is 6.42 Å². The minimum Gasteiger partial charge on any atom is -0.463 e. The molecule has 0 aromatic rings. The molecule has 0 aromatic carbocycles. The topological polar surface area (TPSA) is 130 Å². The molecular formula is C23H49NO7P+. The van der Waals surface area contributed by atoms with Gasteiger partial charge in [0.15, 0.2) is 0 Å². The summed E-state index contributed by atoms with van der Waals surface area (Å²) in [7, 11) is -4.20. The van der Waals surface area contributed by atoms with Gasteiger partial charge in [0.2, 0.25) is 0 Å². The van der Waals surface area contributed by atoms with Gasteiger partial charge in [0, 0.05) is 6.42 Å². The number of carbonyl (C=O) groups is 1. The third kappa shape index (κ3) is 22.7. The number of rotatable bonds is 24. The molecule has 0 rings (SSSR count). The van der Waals surface area contributed by atoms with Gasteiger partial charge >= 0.3 is 13.8 Å². The number of carbonyl (C=O) groups excluding carboxylic acids is 1. The number of hydrogen-bond donors (Lipinski definition) is 3. The van der Waals surface area contributed by atoms with Crippen molar-refractivity contribution in [3.8, 4) is 0 Å². The van der Waals surface area contributed by atoms with E-state index in [9.17, 15) is 19.4 Å². The fraction of sp³-hybridized carbons (Fsp3) is 0.957. The highest BCUT2D eigenvalue weighted by molar-refractivity contribution is 7.47. The van der Waals surface area contributed by atoms with Crippen molar-refractivity contribution in [1.29, 1.82) is 0 Å². The number of hydrogen-bond acceptors (Lipinski definition) is 6. The molecule has 0 saturated heterocycles. The van der Waals surface area contributed by atoms with Crippen LogP contribution in [0.3, 0.4) is 0 Å². The van der Waals surface area contributed by atoms with E-state index < -0.39 is 20.5 Å². The zero-order chi connectivity index (χ0) is 23.9. The molecule has 0 aromatic heterocycles. The zero-order valence-electron chi connectivity index (χ0n) is 20.3. The van der Waals surface area contributed by atoms with Crippen molar-refractivity contribution in [2.24, 2.45) is 0 Å². The summed E-state index contributed by atoms with van der Waals surface area (Å²) in [6.45, 7) is 1.85. The lowest BCUT2D eigenvalue weighted by Crippen LogP contribution is -2.52. The van der Waals surface area contributed by atoms with E-state index in [1.165, 1.54) is 77.0 Å². The molecule has 0 spiro atoms. The standard InChI is InChI=1S/C23H48NO7P/c1-2-3-4-5-6-7-8-9-10-11-12-13-14-15-16-17-23(26)29-20-22(25)21-31-32(27,28)30-19-18-24/h22,25H,2-21,24H2,1H3,(H,27,28)/p+1/t22-/m1/s1. The highest BCUT2D eigenvalue weighted by Gasteiger charge is 2.23. The van der Waals surface area contributed by atoms with E-state index >= 15 is 0 Å². The van der Waals surface area contributed by atoms with Crippen LogP contribution in [0, 0.1) is 0 Å². The van der Waals surface area contributed by atoms with Crippen LogP contribution in [-0.4, -0.2) is 48.4 Å². The van der Waals surface area contributed by atoms with Gasteiger partial charge in [0.05, 0.1) is 13.2 Å². The number of ether oxygens (including phenoxy) is 1. The second kappa shape index (κ2) is 22.3. The summed E-state index contributed by atoms with van der Waals surface area (Å²) in [4.78, 5) is 21.1. The van der Waals surface area contributed by atoms with Crippen LogP contribution in [0.25, 0.3) is 0 Å². The van der Waals surface area contributed by atoms with E-state index in [-0.39, 0.29) is 19.2 Å². The minimum absolute atomic E-state index is 0.0158. The average Bonchev–Trinajstić information content (AvgIpc) is 2.77. The van der Waals surface area contributed by atoms with Crippen molar-refractivity contribution < 1.29 is 38.9 Å². The number of phosphoric acid groups is 1. The van der Waals surface area contributed by atoms with E-state index in [1.807, 2.05) is 0 Å². The third-order valence-electron chi connectivity index (χ3n) is 5.25. The van der Waals surface area contributed by atoms with Gasteiger partial charge in [0.25, 0.3) is 0 Å². The van der Waals surface area contributed by atoms with Crippen LogP contribution in [0.15, 0.2) is 0 Å². The fourth-order valence-electron chi connectivity index (χ4n) is 3.35. The number of quaternary nitrogens is 1. The lowest BCUT2D eigenvalue weighted by atomic mass is 10.0. The number of unbranched alkanes of at least 4 members (excludes halogenated alkanes) is 14. The molecular weight excluding hydrogens is 433 g/mol. The van der Waals surface area contributed by atoms with Crippen molar-refractivity contribution in [3.63, 3.8) is 0 Å². The van der Waals surface area contributed by atoms with Crippen LogP contribution in [0.4, 0.5) is 0 Å². The summed E-state index contributed by atoms with van der Waals surface area (Å²) in [6.07, 6.45) is 18.1. The van der Waals surface area contributed by atoms with E-state index in [0.29, 0.717) is 13.0 Å². The summed E-state index contributed by atoms with van der Waals surface area (Å²) < 4.78 is 25.7. The van der Waals surface area contributed by atoms with E-state index in [0.717, 1.165) is 19.3 Å². The number of phosphoric ester groups is 1. The van der Waals surface area contributed by atoms with Gasteiger partial charge in [-0.15, -0.1) is 0 Å². The Balaban J connectivity index is 3.41. The maximum absolute atomic E-state index is 11.7. The Labute approximate surface area is 195 Å². The molecule has 8 nitrogen and oxygen atoms in total. The van der Waals surface area contributed by atoms with Crippen molar-refractivity contribution in [3.05, 3.63) is 0 Å². The molecule has 0 saturated carbocycles. The first-order valence-corrected chi connectivity index (χ1v) is 14.2. The van der Waals surface area contributed by atoms with Crippen LogP contribution >= 0.6 is 7.82 Å². The molecule has 0 aliphatic carbocycles. The van der Waals surface area contributed by atoms with Crippen LogP contribution < -0.4 is 5.73 Å². The van der Waals surface area contributed by atoms with Gasteiger partial charge < -0.3 is 20.5 Å². The summed E-state index contributed by atoms with van der Waals surface area (Å²) in [5, 5.41) is 9.69. The summed E-state index contributed by atoms with van der Waals surface area (Å²) in [6, 6.07) is 0. The summed E-state index contributed by atoms with van der Waals surface area (Å²) in [5.74, 6) is -0.376. The fourth-order valence-corrected chi connectivity index (χ4v) is 4.14. The van der Waals surface area contributed by atoms with Crippen LogP contribution in [0.1, 0.15) is 110 Å². The van der Waals surface area contributed by atoms with Gasteiger partial charge in [-0.1, -0.05) is 96.8 Å². The first-order valence-electron chi connectivity index (χ1n) is 12.7. The van der Waals surface area contributed by atoms with Crippen molar-refractivity contribution in [2.75, 3.05) is 26.4 Å². The van der Waals surface area contributed by atoms with Gasteiger partial charge in [-0.25, -0.2) is 4.57 Å². The normalized spacial score (nSPS) is 14.2. The first-order chi connectivity index (χ1) is 15.4. The highest BCUT2D eigenvalue weighted by Crippen LogP contribution is 2.42. The molecule has 0 aliphatic rings. The van der Waals surface area contributed by atoms with E-state index in [4.69, 9.17) is 4.74 Å². The highest BCUT2D eigenvalue weighted by atomic mass is 31.2. The van der Waals surface area contributed by atoms with Gasteiger partial charge in [0.1, 0.15) is 19.3 Å². The zero-order valence-corrected chi connectivity index (χ0v) is 21.2. The quantitative estimate of drug-likeness (QED) is 0.105. The number of esters is 1. The monoisotopic (exact) mass is 482 g/mol. The molecule has 2 atom stereocenters. The Morgan fingerprint density at radius 1 is 0.812 bits per heavy atom. The minimum atomic E-state index is -4.20. The predicted octanol–water partition coefficient (Wildman–Crippen LogP) is 4.53. The lowest BCUT2D eigenvalue weighted by Gasteiger charge is -2.14. The van der Waals surface area contributed by atoms with Crippen LogP contribution in [-0.2, 0) is 23.1 Å². The Morgan fingerprint density at radius 2 is 1.28 bits per heavy atom. The smallest absolute Gasteiger partial charge is 0.463 e. The molecule has 32 heavy (non-hydrogen) atoms. The molecule has 0 heterocycles. The maximum Gasteiger partial charge on any atom is 0.472 e. The summed E-state index contributed by atoms with van der Waals surface area (Å²) in [5.41, 5.74) is 3.48. The number of aliphatic hydroxyl groups is 1.